The number of aliphatic carboxylic acids is 1. The number of anilines is 1. The van der Waals surface area contributed by atoms with E-state index < -0.39 is 17.9 Å². The molecule has 7 nitrogen and oxygen atoms in total. The van der Waals surface area contributed by atoms with Gasteiger partial charge in [-0.05, 0) is 42.7 Å². The molecule has 0 spiro atoms. The topological polar surface area (TPSA) is 100 Å². The zero-order valence-electron chi connectivity index (χ0n) is 16.7. The minimum atomic E-state index is -1.09. The van der Waals surface area contributed by atoms with Gasteiger partial charge >= 0.3 is 5.97 Å². The molecule has 0 radical (unpaired) electrons. The molecular weight excluding hydrogens is 402 g/mol. The number of nitrogens with one attached hydrogen (secondary N) is 2. The fourth-order valence-corrected chi connectivity index (χ4v) is 3.68. The third kappa shape index (κ3) is 4.65. The summed E-state index contributed by atoms with van der Waals surface area (Å²) in [6.07, 6.45) is 2.19. The third-order valence-electron chi connectivity index (χ3n) is 4.82. The van der Waals surface area contributed by atoms with E-state index in [2.05, 4.69) is 10.6 Å². The van der Waals surface area contributed by atoms with Crippen molar-refractivity contribution in [3.8, 4) is 0 Å². The summed E-state index contributed by atoms with van der Waals surface area (Å²) in [4.78, 5) is 37.1. The minimum absolute atomic E-state index is 0.208. The molecule has 0 saturated heterocycles. The van der Waals surface area contributed by atoms with Gasteiger partial charge in [0.15, 0.2) is 0 Å². The zero-order valence-corrected chi connectivity index (χ0v) is 17.5. The first kappa shape index (κ1) is 21.4. The summed E-state index contributed by atoms with van der Waals surface area (Å²) < 4.78 is 1.79. The number of hydrogen-bond acceptors (Lipinski definition) is 4. The second-order valence-electron chi connectivity index (χ2n) is 6.79. The molecule has 0 fully saturated rings. The van der Waals surface area contributed by atoms with Crippen molar-refractivity contribution in [1.29, 1.82) is 0 Å². The normalized spacial score (nSPS) is 11.8. The van der Waals surface area contributed by atoms with Crippen molar-refractivity contribution in [3.05, 3.63) is 65.9 Å². The minimum Gasteiger partial charge on any atom is -0.480 e. The van der Waals surface area contributed by atoms with Gasteiger partial charge in [-0.1, -0.05) is 30.3 Å². The van der Waals surface area contributed by atoms with Gasteiger partial charge in [0.05, 0.1) is 11.3 Å². The van der Waals surface area contributed by atoms with Gasteiger partial charge in [0, 0.05) is 18.0 Å². The number of nitrogens with zero attached hydrogens (tertiary/aromatic N) is 1. The van der Waals surface area contributed by atoms with Crippen LogP contribution in [0.3, 0.4) is 0 Å². The van der Waals surface area contributed by atoms with Crippen LogP contribution < -0.4 is 10.6 Å². The smallest absolute Gasteiger partial charge is 0.326 e. The van der Waals surface area contributed by atoms with Gasteiger partial charge in [-0.15, -0.1) is 0 Å². The maximum atomic E-state index is 12.9. The van der Waals surface area contributed by atoms with Crippen molar-refractivity contribution in [2.24, 2.45) is 7.05 Å². The Morgan fingerprint density at radius 1 is 1.07 bits per heavy atom. The number of thioether (sulfide) groups is 1. The van der Waals surface area contributed by atoms with Crippen LogP contribution in [0.15, 0.2) is 54.6 Å². The second kappa shape index (κ2) is 9.49. The molecule has 1 heterocycles. The first-order valence-corrected chi connectivity index (χ1v) is 10.8. The van der Waals surface area contributed by atoms with Crippen molar-refractivity contribution < 1.29 is 19.5 Å². The SMILES string of the molecule is CSCCC(NC(=O)c1ccccc1NC(=O)c1cc2ccccc2n1C)C(=O)O. The van der Waals surface area contributed by atoms with E-state index in [1.165, 1.54) is 11.8 Å². The van der Waals surface area contributed by atoms with E-state index in [0.29, 0.717) is 23.6 Å². The molecule has 30 heavy (non-hydrogen) atoms. The molecule has 1 aromatic heterocycles. The first-order valence-electron chi connectivity index (χ1n) is 9.39. The molecule has 3 rings (SSSR count). The molecule has 3 N–H and O–H groups in total. The lowest BCUT2D eigenvalue weighted by Crippen LogP contribution is -2.41. The van der Waals surface area contributed by atoms with Gasteiger partial charge in [0.1, 0.15) is 11.7 Å². The highest BCUT2D eigenvalue weighted by molar-refractivity contribution is 7.98. The van der Waals surface area contributed by atoms with Crippen LogP contribution in [0, 0.1) is 0 Å². The lowest BCUT2D eigenvalue weighted by Gasteiger charge is -2.16. The van der Waals surface area contributed by atoms with Crippen LogP contribution in [-0.2, 0) is 11.8 Å². The van der Waals surface area contributed by atoms with E-state index in [0.717, 1.165) is 10.9 Å². The Bertz CT molecular complexity index is 1090. The maximum Gasteiger partial charge on any atom is 0.326 e. The summed E-state index contributed by atoms with van der Waals surface area (Å²) >= 11 is 1.51. The fourth-order valence-electron chi connectivity index (χ4n) is 3.21. The van der Waals surface area contributed by atoms with Crippen LogP contribution in [0.25, 0.3) is 10.9 Å². The van der Waals surface area contributed by atoms with Crippen molar-refractivity contribution >= 4 is 46.1 Å². The fraction of sp³-hybridized carbons (Fsp3) is 0.227. The summed E-state index contributed by atoms with van der Waals surface area (Å²) in [7, 11) is 1.80. The van der Waals surface area contributed by atoms with E-state index in [1.54, 1.807) is 41.9 Å². The molecule has 0 aliphatic heterocycles. The third-order valence-corrected chi connectivity index (χ3v) is 5.46. The lowest BCUT2D eigenvalue weighted by atomic mass is 10.1. The lowest BCUT2D eigenvalue weighted by molar-refractivity contribution is -0.139. The van der Waals surface area contributed by atoms with Gasteiger partial charge in [0.2, 0.25) is 0 Å². The highest BCUT2D eigenvalue weighted by Crippen LogP contribution is 2.21. The molecule has 1 unspecified atom stereocenters. The van der Waals surface area contributed by atoms with Gasteiger partial charge in [-0.3, -0.25) is 9.59 Å². The number of benzene rings is 2. The molecule has 156 valence electrons. The number of para-hydroxylation sites is 2. The molecule has 0 bridgehead atoms. The van der Waals surface area contributed by atoms with Gasteiger partial charge < -0.3 is 20.3 Å². The van der Waals surface area contributed by atoms with E-state index in [4.69, 9.17) is 0 Å². The Morgan fingerprint density at radius 2 is 1.77 bits per heavy atom. The van der Waals surface area contributed by atoms with Crippen molar-refractivity contribution in [2.75, 3.05) is 17.3 Å². The van der Waals surface area contributed by atoms with Crippen LogP contribution in [-0.4, -0.2) is 45.5 Å². The average molecular weight is 426 g/mol. The Hall–Kier alpha value is -3.26. The zero-order chi connectivity index (χ0) is 21.7. The first-order chi connectivity index (χ1) is 14.4. The average Bonchev–Trinajstić information content (AvgIpc) is 3.08. The van der Waals surface area contributed by atoms with E-state index in [-0.39, 0.29) is 11.5 Å². The van der Waals surface area contributed by atoms with Crippen LogP contribution in [0.4, 0.5) is 5.69 Å². The Balaban J connectivity index is 1.82. The van der Waals surface area contributed by atoms with Crippen LogP contribution in [0.2, 0.25) is 0 Å². The highest BCUT2D eigenvalue weighted by Gasteiger charge is 2.22. The molecule has 2 aromatic carbocycles. The predicted octanol–water partition coefficient (Wildman–Crippen LogP) is 3.37. The Labute approximate surface area is 178 Å². The number of rotatable bonds is 8. The van der Waals surface area contributed by atoms with Crippen molar-refractivity contribution in [2.45, 2.75) is 12.5 Å². The Kier molecular flexibility index (Phi) is 6.79. The number of aromatic nitrogens is 1. The molecule has 8 heteroatoms. The van der Waals surface area contributed by atoms with E-state index >= 15 is 0 Å². The molecule has 3 aromatic rings. The number of carboxylic acids is 1. The molecular formula is C22H23N3O4S. The summed E-state index contributed by atoms with van der Waals surface area (Å²) in [5.74, 6) is -1.38. The summed E-state index contributed by atoms with van der Waals surface area (Å²) in [5, 5.41) is 15.6. The summed E-state index contributed by atoms with van der Waals surface area (Å²) in [5.41, 5.74) is 1.90. The van der Waals surface area contributed by atoms with Crippen molar-refractivity contribution in [1.82, 2.24) is 9.88 Å². The number of amides is 2. The number of hydrogen-bond donors (Lipinski definition) is 3. The van der Waals surface area contributed by atoms with Crippen LogP contribution in [0.1, 0.15) is 27.3 Å². The summed E-state index contributed by atoms with van der Waals surface area (Å²) in [6, 6.07) is 15.0. The highest BCUT2D eigenvalue weighted by atomic mass is 32.2. The Morgan fingerprint density at radius 3 is 2.47 bits per heavy atom. The van der Waals surface area contributed by atoms with Gasteiger partial charge in [0.25, 0.3) is 11.8 Å². The quantitative estimate of drug-likeness (QED) is 0.514. The number of aryl methyl sites for hydroxylation is 1. The summed E-state index contributed by atoms with van der Waals surface area (Å²) in [6.45, 7) is 0. The number of carbonyl (C=O) groups is 3. The van der Waals surface area contributed by atoms with Crippen molar-refractivity contribution in [3.63, 3.8) is 0 Å². The molecule has 1 atom stereocenters. The molecule has 0 aliphatic carbocycles. The van der Waals surface area contributed by atoms with Gasteiger partial charge in [-0.2, -0.15) is 11.8 Å². The number of fused-ring (bicyclic) bond motifs is 1. The maximum absolute atomic E-state index is 12.9. The predicted molar refractivity (Wildman–Crippen MR) is 119 cm³/mol. The van der Waals surface area contributed by atoms with Gasteiger partial charge in [-0.25, -0.2) is 4.79 Å². The number of carboxylic acid groups (broad SMARTS) is 1. The molecule has 2 amide bonds. The standard InChI is InChI=1S/C22H23N3O4S/c1-25-18-10-6-3-7-14(18)13-19(25)21(27)23-16-9-5-4-8-15(16)20(26)24-17(22(28)29)11-12-30-2/h3-10,13,17H,11-12H2,1-2H3,(H,23,27)(H,24,26)(H,28,29). The number of carbonyl (C=O) groups excluding carboxylic acids is 2. The second-order valence-corrected chi connectivity index (χ2v) is 7.78. The molecule has 0 aliphatic rings. The van der Waals surface area contributed by atoms with E-state index in [9.17, 15) is 19.5 Å². The van der Waals surface area contributed by atoms with Crippen LogP contribution in [0.5, 0.6) is 0 Å². The largest absolute Gasteiger partial charge is 0.480 e. The monoisotopic (exact) mass is 425 g/mol. The van der Waals surface area contributed by atoms with Crippen LogP contribution >= 0.6 is 11.8 Å². The molecule has 0 saturated carbocycles. The van der Waals surface area contributed by atoms with E-state index in [1.807, 2.05) is 30.5 Å².